The van der Waals surface area contributed by atoms with Crippen LogP contribution in [0, 0.1) is 5.41 Å². The molecule has 0 radical (unpaired) electrons. The Labute approximate surface area is 118 Å². The highest BCUT2D eigenvalue weighted by Gasteiger charge is 2.50. The lowest BCUT2D eigenvalue weighted by molar-refractivity contribution is -0.143. The van der Waals surface area contributed by atoms with Gasteiger partial charge in [-0.3, -0.25) is 9.59 Å². The fourth-order valence-corrected chi connectivity index (χ4v) is 1.97. The number of hydrogen-bond acceptors (Lipinski definition) is 2. The summed E-state index contributed by atoms with van der Waals surface area (Å²) in [5, 5.41) is 11.7. The van der Waals surface area contributed by atoms with Gasteiger partial charge in [-0.1, -0.05) is 31.2 Å². The predicted octanol–water partition coefficient (Wildman–Crippen LogP) is 2.24. The van der Waals surface area contributed by atoms with Crippen molar-refractivity contribution in [3.8, 4) is 0 Å². The van der Waals surface area contributed by atoms with Crippen molar-refractivity contribution in [2.45, 2.75) is 26.2 Å². The predicted molar refractivity (Wildman–Crippen MR) is 77.2 cm³/mol. The largest absolute Gasteiger partial charge is 0.481 e. The first-order valence-corrected chi connectivity index (χ1v) is 6.84. The molecular formula is C16H19NO3. The van der Waals surface area contributed by atoms with Crippen molar-refractivity contribution in [2.24, 2.45) is 5.41 Å². The third-order valence-electron chi connectivity index (χ3n) is 3.72. The van der Waals surface area contributed by atoms with Crippen LogP contribution in [0.4, 0.5) is 0 Å². The van der Waals surface area contributed by atoms with E-state index in [-0.39, 0.29) is 12.5 Å². The van der Waals surface area contributed by atoms with Crippen LogP contribution < -0.4 is 5.32 Å². The van der Waals surface area contributed by atoms with Crippen molar-refractivity contribution in [3.63, 3.8) is 0 Å². The average Bonchev–Trinajstić information content (AvgIpc) is 3.25. The maximum atomic E-state index is 11.6. The van der Waals surface area contributed by atoms with E-state index in [1.54, 1.807) is 6.08 Å². The minimum absolute atomic E-state index is 0.209. The topological polar surface area (TPSA) is 66.4 Å². The molecule has 0 atom stereocenters. The van der Waals surface area contributed by atoms with E-state index >= 15 is 0 Å². The van der Waals surface area contributed by atoms with Crippen molar-refractivity contribution in [1.29, 1.82) is 0 Å². The summed E-state index contributed by atoms with van der Waals surface area (Å²) in [6.07, 6.45) is 5.45. The summed E-state index contributed by atoms with van der Waals surface area (Å²) in [6, 6.07) is 7.98. The van der Waals surface area contributed by atoms with Crippen LogP contribution >= 0.6 is 0 Å². The second kappa shape index (κ2) is 5.90. The normalized spacial score (nSPS) is 16.1. The van der Waals surface area contributed by atoms with E-state index in [0.717, 1.165) is 12.0 Å². The van der Waals surface area contributed by atoms with Gasteiger partial charge in [-0.15, -0.1) is 0 Å². The number of amides is 1. The molecule has 4 heteroatoms. The Morgan fingerprint density at radius 2 is 1.95 bits per heavy atom. The van der Waals surface area contributed by atoms with Crippen molar-refractivity contribution < 1.29 is 14.7 Å². The number of carbonyl (C=O) groups excluding carboxylic acids is 1. The highest BCUT2D eigenvalue weighted by Crippen LogP contribution is 2.45. The van der Waals surface area contributed by atoms with Gasteiger partial charge in [-0.2, -0.15) is 0 Å². The Morgan fingerprint density at radius 3 is 2.45 bits per heavy atom. The maximum Gasteiger partial charge on any atom is 0.311 e. The SMILES string of the molecule is CCc1ccc(/C=C/C(=O)NCC2(C(=O)O)CC2)cc1. The lowest BCUT2D eigenvalue weighted by Gasteiger charge is -2.09. The van der Waals surface area contributed by atoms with Gasteiger partial charge in [0.15, 0.2) is 0 Å². The summed E-state index contributed by atoms with van der Waals surface area (Å²) >= 11 is 0. The molecule has 1 fully saturated rings. The zero-order valence-electron chi connectivity index (χ0n) is 11.6. The number of rotatable bonds is 6. The zero-order valence-corrected chi connectivity index (χ0v) is 11.6. The molecule has 20 heavy (non-hydrogen) atoms. The average molecular weight is 273 g/mol. The molecule has 1 aliphatic carbocycles. The minimum Gasteiger partial charge on any atom is -0.481 e. The maximum absolute atomic E-state index is 11.6. The number of carboxylic acid groups (broad SMARTS) is 1. The molecule has 4 nitrogen and oxygen atoms in total. The number of aliphatic carboxylic acids is 1. The van der Waals surface area contributed by atoms with Crippen molar-refractivity contribution >= 4 is 18.0 Å². The molecule has 0 unspecified atom stereocenters. The molecule has 0 aromatic heterocycles. The summed E-state index contributed by atoms with van der Waals surface area (Å²) in [5.41, 5.74) is 1.49. The quantitative estimate of drug-likeness (QED) is 0.781. The number of nitrogens with one attached hydrogen (secondary N) is 1. The van der Waals surface area contributed by atoms with E-state index in [4.69, 9.17) is 5.11 Å². The highest BCUT2D eigenvalue weighted by molar-refractivity contribution is 5.92. The summed E-state index contributed by atoms with van der Waals surface area (Å²) in [7, 11) is 0. The van der Waals surface area contributed by atoms with Gasteiger partial charge in [-0.05, 0) is 36.5 Å². The Hall–Kier alpha value is -2.10. The van der Waals surface area contributed by atoms with Gasteiger partial charge in [0.05, 0.1) is 5.41 Å². The first-order chi connectivity index (χ1) is 9.55. The monoisotopic (exact) mass is 273 g/mol. The molecule has 1 aliphatic rings. The van der Waals surface area contributed by atoms with Crippen LogP contribution in [0.15, 0.2) is 30.3 Å². The lowest BCUT2D eigenvalue weighted by Crippen LogP contribution is -2.33. The van der Waals surface area contributed by atoms with Crippen LogP contribution in [-0.2, 0) is 16.0 Å². The number of aryl methyl sites for hydroxylation is 1. The molecule has 106 valence electrons. The molecule has 0 heterocycles. The summed E-state index contributed by atoms with van der Waals surface area (Å²) in [5.74, 6) is -1.07. The molecule has 2 rings (SSSR count). The molecule has 1 amide bonds. The zero-order chi connectivity index (χ0) is 14.6. The highest BCUT2D eigenvalue weighted by atomic mass is 16.4. The van der Waals surface area contributed by atoms with Crippen molar-refractivity contribution in [1.82, 2.24) is 5.32 Å². The number of benzene rings is 1. The fraction of sp³-hybridized carbons (Fsp3) is 0.375. The van der Waals surface area contributed by atoms with E-state index in [9.17, 15) is 9.59 Å². The van der Waals surface area contributed by atoms with Gasteiger partial charge < -0.3 is 10.4 Å². The van der Waals surface area contributed by atoms with Gasteiger partial charge in [0.25, 0.3) is 0 Å². The molecule has 0 aliphatic heterocycles. The first kappa shape index (κ1) is 14.3. The van der Waals surface area contributed by atoms with E-state index in [1.807, 2.05) is 24.3 Å². The summed E-state index contributed by atoms with van der Waals surface area (Å²) in [6.45, 7) is 2.30. The molecule has 2 N–H and O–H groups in total. The second-order valence-corrected chi connectivity index (χ2v) is 5.23. The third-order valence-corrected chi connectivity index (χ3v) is 3.72. The Morgan fingerprint density at radius 1 is 1.30 bits per heavy atom. The Kier molecular flexibility index (Phi) is 4.23. The molecular weight excluding hydrogens is 254 g/mol. The van der Waals surface area contributed by atoms with Gasteiger partial charge in [0.2, 0.25) is 5.91 Å². The van der Waals surface area contributed by atoms with E-state index in [2.05, 4.69) is 12.2 Å². The van der Waals surface area contributed by atoms with Gasteiger partial charge in [-0.25, -0.2) is 0 Å². The molecule has 1 saturated carbocycles. The van der Waals surface area contributed by atoms with E-state index < -0.39 is 11.4 Å². The molecule has 0 saturated heterocycles. The van der Waals surface area contributed by atoms with Crippen LogP contribution in [0.5, 0.6) is 0 Å². The second-order valence-electron chi connectivity index (χ2n) is 5.23. The Balaban J connectivity index is 1.84. The van der Waals surface area contributed by atoms with Crippen molar-refractivity contribution in [2.75, 3.05) is 6.54 Å². The van der Waals surface area contributed by atoms with Gasteiger partial charge in [0.1, 0.15) is 0 Å². The van der Waals surface area contributed by atoms with Crippen LogP contribution in [-0.4, -0.2) is 23.5 Å². The standard InChI is InChI=1S/C16H19NO3/c1-2-12-3-5-13(6-4-12)7-8-14(18)17-11-16(9-10-16)15(19)20/h3-8H,2,9-11H2,1H3,(H,17,18)(H,19,20)/b8-7+. The summed E-state index contributed by atoms with van der Waals surface area (Å²) < 4.78 is 0. The van der Waals surface area contributed by atoms with E-state index in [1.165, 1.54) is 11.6 Å². The number of carboxylic acids is 1. The Bertz CT molecular complexity index is 527. The van der Waals surface area contributed by atoms with Gasteiger partial charge in [0, 0.05) is 12.6 Å². The first-order valence-electron chi connectivity index (χ1n) is 6.84. The summed E-state index contributed by atoms with van der Waals surface area (Å²) in [4.78, 5) is 22.6. The minimum atomic E-state index is -0.822. The number of hydrogen-bond donors (Lipinski definition) is 2. The van der Waals surface area contributed by atoms with Crippen LogP contribution in [0.3, 0.4) is 0 Å². The lowest BCUT2D eigenvalue weighted by atomic mass is 10.1. The van der Waals surface area contributed by atoms with E-state index in [0.29, 0.717) is 12.8 Å². The molecule has 1 aromatic rings. The fourth-order valence-electron chi connectivity index (χ4n) is 1.97. The molecule has 0 spiro atoms. The smallest absolute Gasteiger partial charge is 0.311 e. The third kappa shape index (κ3) is 3.47. The van der Waals surface area contributed by atoms with Crippen LogP contribution in [0.1, 0.15) is 30.9 Å². The van der Waals surface area contributed by atoms with Crippen molar-refractivity contribution in [3.05, 3.63) is 41.5 Å². The van der Waals surface area contributed by atoms with Gasteiger partial charge >= 0.3 is 5.97 Å². The van der Waals surface area contributed by atoms with Crippen LogP contribution in [0.2, 0.25) is 0 Å². The molecule has 0 bridgehead atoms. The van der Waals surface area contributed by atoms with Crippen LogP contribution in [0.25, 0.3) is 6.08 Å². The molecule has 1 aromatic carbocycles. The number of carbonyl (C=O) groups is 2.